The molecule has 2 heterocycles. The number of hydrogen-bond acceptors (Lipinski definition) is 5. The molecule has 0 saturated heterocycles. The summed E-state index contributed by atoms with van der Waals surface area (Å²) in [6.45, 7) is 2.80. The van der Waals surface area contributed by atoms with Gasteiger partial charge in [0.1, 0.15) is 17.4 Å². The fourth-order valence-electron chi connectivity index (χ4n) is 6.07. The Labute approximate surface area is 211 Å². The quantitative estimate of drug-likeness (QED) is 0.442. The highest BCUT2D eigenvalue weighted by Gasteiger charge is 2.56. The van der Waals surface area contributed by atoms with E-state index in [0.29, 0.717) is 42.0 Å². The zero-order valence-electron chi connectivity index (χ0n) is 20.8. The summed E-state index contributed by atoms with van der Waals surface area (Å²) in [6.07, 6.45) is 5.46. The van der Waals surface area contributed by atoms with Crippen LogP contribution in [0.5, 0.6) is 5.75 Å². The van der Waals surface area contributed by atoms with Crippen molar-refractivity contribution in [3.8, 4) is 5.75 Å². The number of amides is 1. The third-order valence-electron chi connectivity index (χ3n) is 7.63. The summed E-state index contributed by atoms with van der Waals surface area (Å²) in [6, 6.07) is 15.4. The van der Waals surface area contributed by atoms with Gasteiger partial charge in [0.15, 0.2) is 0 Å². The molecule has 7 heteroatoms. The zero-order valence-corrected chi connectivity index (χ0v) is 20.8. The molecular weight excluding hydrogens is 456 g/mol. The van der Waals surface area contributed by atoms with Crippen LogP contribution in [-0.2, 0) is 17.8 Å². The molecule has 2 N–H and O–H groups in total. The lowest BCUT2D eigenvalue weighted by atomic mass is 9.70. The Balaban J connectivity index is 1.53. The van der Waals surface area contributed by atoms with Crippen LogP contribution in [0.3, 0.4) is 0 Å². The Hall–Kier alpha value is -3.74. The summed E-state index contributed by atoms with van der Waals surface area (Å²) in [5.74, 6) is -0.355. The Morgan fingerprint density at radius 2 is 2.00 bits per heavy atom. The number of carbonyl (C=O) groups is 2. The highest BCUT2D eigenvalue weighted by Crippen LogP contribution is 2.52. The van der Waals surface area contributed by atoms with E-state index in [4.69, 9.17) is 9.15 Å². The van der Waals surface area contributed by atoms with Gasteiger partial charge >= 0.3 is 5.97 Å². The summed E-state index contributed by atoms with van der Waals surface area (Å²) < 4.78 is 10.9. The molecule has 1 aliphatic heterocycles. The Morgan fingerprint density at radius 3 is 2.69 bits per heavy atom. The molecule has 1 atom stereocenters. The van der Waals surface area contributed by atoms with E-state index < -0.39 is 17.4 Å². The second-order valence-electron chi connectivity index (χ2n) is 9.86. The van der Waals surface area contributed by atoms with Gasteiger partial charge in [-0.05, 0) is 73.2 Å². The molecule has 0 radical (unpaired) electrons. The molecule has 188 valence electrons. The summed E-state index contributed by atoms with van der Waals surface area (Å²) in [7, 11) is 1.65. The third-order valence-corrected chi connectivity index (χ3v) is 7.63. The molecule has 3 aromatic rings. The lowest BCUT2D eigenvalue weighted by molar-refractivity contribution is -0.143. The number of benzene rings is 2. The molecule has 1 aromatic heterocycles. The number of ether oxygens (including phenoxy) is 1. The van der Waals surface area contributed by atoms with Crippen molar-refractivity contribution in [2.75, 3.05) is 19.0 Å². The maximum atomic E-state index is 14.2. The monoisotopic (exact) mass is 488 g/mol. The van der Waals surface area contributed by atoms with Crippen LogP contribution in [0.25, 0.3) is 0 Å². The van der Waals surface area contributed by atoms with Crippen LogP contribution in [0, 0.1) is 6.92 Å². The van der Waals surface area contributed by atoms with Gasteiger partial charge in [0.05, 0.1) is 31.0 Å². The number of rotatable bonds is 8. The van der Waals surface area contributed by atoms with Gasteiger partial charge in [0.2, 0.25) is 0 Å². The number of nitrogens with one attached hydrogen (secondary N) is 1. The van der Waals surface area contributed by atoms with Crippen molar-refractivity contribution in [1.82, 2.24) is 4.90 Å². The van der Waals surface area contributed by atoms with E-state index in [-0.39, 0.29) is 12.5 Å². The number of methoxy groups -OCH3 is 1. The first-order valence-electron chi connectivity index (χ1n) is 12.5. The van der Waals surface area contributed by atoms with Gasteiger partial charge in [-0.1, -0.05) is 31.0 Å². The minimum absolute atomic E-state index is 0.135. The molecule has 1 unspecified atom stereocenters. The van der Waals surface area contributed by atoms with Crippen LogP contribution < -0.4 is 10.1 Å². The van der Waals surface area contributed by atoms with Gasteiger partial charge in [-0.15, -0.1) is 0 Å². The first-order chi connectivity index (χ1) is 17.4. The van der Waals surface area contributed by atoms with E-state index in [1.54, 1.807) is 24.3 Å². The minimum atomic E-state index is -0.886. The van der Waals surface area contributed by atoms with Crippen molar-refractivity contribution in [2.24, 2.45) is 0 Å². The van der Waals surface area contributed by atoms with Crippen molar-refractivity contribution in [2.45, 2.75) is 57.0 Å². The third kappa shape index (κ3) is 4.23. The number of carbonyl (C=O) groups excluding carboxylic acids is 1. The second kappa shape index (κ2) is 9.72. The molecule has 2 aromatic carbocycles. The standard InChI is InChI=1S/C29H32N2O5/c1-19-15-23-25(24(16-19)30-13-10-20-7-5-8-21(17-20)35-2)27(32)31(18-22-9-6-14-36-22)29(11-3-4-12-29)26(23)28(33)34/h5-9,14-17,26,30H,3-4,10-13,18H2,1-2H3,(H,33,34). The normalized spacial score (nSPS) is 18.3. The number of nitrogens with zero attached hydrogens (tertiary/aromatic N) is 1. The zero-order chi connectivity index (χ0) is 25.3. The second-order valence-corrected chi connectivity index (χ2v) is 9.86. The van der Waals surface area contributed by atoms with E-state index in [1.165, 1.54) is 0 Å². The highest BCUT2D eigenvalue weighted by atomic mass is 16.5. The van der Waals surface area contributed by atoms with E-state index in [9.17, 15) is 14.7 Å². The molecule has 1 aliphatic carbocycles. The largest absolute Gasteiger partial charge is 0.497 e. The van der Waals surface area contributed by atoms with Crippen LogP contribution in [0.2, 0.25) is 0 Å². The van der Waals surface area contributed by atoms with Crippen molar-refractivity contribution < 1.29 is 23.8 Å². The molecular formula is C29H32N2O5. The summed E-state index contributed by atoms with van der Waals surface area (Å²) in [4.78, 5) is 28.8. The van der Waals surface area contributed by atoms with Crippen LogP contribution in [0.1, 0.15) is 64.4 Å². The first-order valence-corrected chi connectivity index (χ1v) is 12.5. The van der Waals surface area contributed by atoms with E-state index >= 15 is 0 Å². The maximum absolute atomic E-state index is 14.2. The van der Waals surface area contributed by atoms with Gasteiger partial charge in [0, 0.05) is 12.2 Å². The molecule has 1 amide bonds. The average molecular weight is 489 g/mol. The molecule has 7 nitrogen and oxygen atoms in total. The maximum Gasteiger partial charge on any atom is 0.313 e. The van der Waals surface area contributed by atoms with Crippen LogP contribution in [0.4, 0.5) is 5.69 Å². The lowest BCUT2D eigenvalue weighted by Gasteiger charge is -2.49. The number of aryl methyl sites for hydroxylation is 1. The Morgan fingerprint density at radius 1 is 1.19 bits per heavy atom. The number of carboxylic acids is 1. The molecule has 2 aliphatic rings. The molecule has 0 bridgehead atoms. The average Bonchev–Trinajstić information content (AvgIpc) is 3.54. The fourth-order valence-corrected chi connectivity index (χ4v) is 6.07. The van der Waals surface area contributed by atoms with Crippen molar-refractivity contribution >= 4 is 17.6 Å². The van der Waals surface area contributed by atoms with Crippen LogP contribution >= 0.6 is 0 Å². The summed E-state index contributed by atoms with van der Waals surface area (Å²) in [5.41, 5.74) is 3.05. The first kappa shape index (κ1) is 24.0. The van der Waals surface area contributed by atoms with Gasteiger partial charge < -0.3 is 24.5 Å². The molecule has 1 fully saturated rings. The number of anilines is 1. The molecule has 1 spiro atoms. The molecule has 36 heavy (non-hydrogen) atoms. The summed E-state index contributed by atoms with van der Waals surface area (Å²) in [5, 5.41) is 13.9. The number of fused-ring (bicyclic) bond motifs is 1. The smallest absolute Gasteiger partial charge is 0.313 e. The lowest BCUT2D eigenvalue weighted by Crippen LogP contribution is -2.58. The highest BCUT2D eigenvalue weighted by molar-refractivity contribution is 6.05. The Kier molecular flexibility index (Phi) is 6.48. The Bertz CT molecular complexity index is 1260. The number of aliphatic carboxylic acids is 1. The number of hydrogen-bond donors (Lipinski definition) is 2. The topological polar surface area (TPSA) is 92.0 Å². The van der Waals surface area contributed by atoms with E-state index in [0.717, 1.165) is 36.1 Å². The SMILES string of the molecule is COc1cccc(CCNc2cc(C)cc3c2C(=O)N(Cc2ccco2)C2(CCCC2)C3C(=O)O)c1. The fraction of sp³-hybridized carbons (Fsp3) is 0.379. The van der Waals surface area contributed by atoms with Crippen molar-refractivity contribution in [1.29, 1.82) is 0 Å². The predicted octanol–water partition coefficient (Wildman–Crippen LogP) is 5.39. The van der Waals surface area contributed by atoms with Gasteiger partial charge in [0.25, 0.3) is 5.91 Å². The van der Waals surface area contributed by atoms with Crippen LogP contribution in [-0.4, -0.2) is 41.1 Å². The van der Waals surface area contributed by atoms with Crippen molar-refractivity contribution in [3.05, 3.63) is 82.8 Å². The summed E-state index contributed by atoms with van der Waals surface area (Å²) >= 11 is 0. The van der Waals surface area contributed by atoms with Crippen molar-refractivity contribution in [3.63, 3.8) is 0 Å². The van der Waals surface area contributed by atoms with Gasteiger partial charge in [-0.2, -0.15) is 0 Å². The van der Waals surface area contributed by atoms with Gasteiger partial charge in [-0.25, -0.2) is 0 Å². The number of carboxylic acid groups (broad SMARTS) is 1. The predicted molar refractivity (Wildman–Crippen MR) is 137 cm³/mol. The minimum Gasteiger partial charge on any atom is -0.497 e. The van der Waals surface area contributed by atoms with E-state index in [1.807, 2.05) is 49.4 Å². The molecule has 1 saturated carbocycles. The van der Waals surface area contributed by atoms with Gasteiger partial charge in [-0.3, -0.25) is 9.59 Å². The van der Waals surface area contributed by atoms with Crippen LogP contribution in [0.15, 0.2) is 59.2 Å². The molecule has 5 rings (SSSR count). The number of furan rings is 1. The van der Waals surface area contributed by atoms with E-state index in [2.05, 4.69) is 5.32 Å².